The number of thiazole rings is 1. The Morgan fingerprint density at radius 3 is 2.57 bits per heavy atom. The highest BCUT2D eigenvalue weighted by atomic mass is 32.2. The maximum absolute atomic E-state index is 12.6. The molecule has 0 spiro atoms. The van der Waals surface area contributed by atoms with E-state index in [9.17, 15) is 18.0 Å². The maximum atomic E-state index is 12.6. The zero-order valence-corrected chi connectivity index (χ0v) is 17.2. The zero-order chi connectivity index (χ0) is 21.1. The predicted molar refractivity (Wildman–Crippen MR) is 116 cm³/mol. The Morgan fingerprint density at radius 1 is 1.03 bits per heavy atom. The van der Waals surface area contributed by atoms with Gasteiger partial charge in [-0.25, -0.2) is 18.2 Å². The number of thiol groups is 1. The number of carbonyl (C=O) groups is 2. The van der Waals surface area contributed by atoms with Crippen molar-refractivity contribution in [3.63, 3.8) is 0 Å². The van der Waals surface area contributed by atoms with Gasteiger partial charge in [0.1, 0.15) is 10.7 Å². The maximum Gasteiger partial charge on any atom is 0.327 e. The van der Waals surface area contributed by atoms with Crippen LogP contribution in [0.25, 0.3) is 15.9 Å². The molecule has 3 amide bonds. The van der Waals surface area contributed by atoms with Crippen LogP contribution in [-0.4, -0.2) is 29.9 Å². The van der Waals surface area contributed by atoms with E-state index in [1.54, 1.807) is 41.0 Å². The fraction of sp³-hybridized carbons (Fsp3) is 0.0500. The van der Waals surface area contributed by atoms with Gasteiger partial charge in [0.25, 0.3) is 5.91 Å². The molecule has 0 radical (unpaired) electrons. The number of nitrogens with one attached hydrogen (secondary N) is 2. The molecule has 0 saturated heterocycles. The normalized spacial score (nSPS) is 11.0. The van der Waals surface area contributed by atoms with Crippen molar-refractivity contribution in [1.29, 1.82) is 0 Å². The van der Waals surface area contributed by atoms with Crippen molar-refractivity contribution in [2.75, 3.05) is 5.32 Å². The van der Waals surface area contributed by atoms with Crippen LogP contribution < -0.4 is 10.6 Å². The molecular formula is C20H16N4O4S2. The molecular weight excluding hydrogens is 424 g/mol. The SMILES string of the molecule is O=C(NC(=O)c1ccccc1-n1cccc1)Nc1nc2ccc(C[SH](=O)=O)cc2s1. The van der Waals surface area contributed by atoms with E-state index in [-0.39, 0.29) is 5.75 Å². The number of hydrogen-bond acceptors (Lipinski definition) is 6. The van der Waals surface area contributed by atoms with Crippen molar-refractivity contribution in [3.8, 4) is 5.69 Å². The molecule has 8 nitrogen and oxygen atoms in total. The van der Waals surface area contributed by atoms with Crippen LogP contribution in [0.1, 0.15) is 15.9 Å². The summed E-state index contributed by atoms with van der Waals surface area (Å²) < 4.78 is 24.3. The first-order valence-electron chi connectivity index (χ1n) is 8.85. The third kappa shape index (κ3) is 4.39. The zero-order valence-electron chi connectivity index (χ0n) is 15.4. The lowest BCUT2D eigenvalue weighted by molar-refractivity contribution is 0.0967. The molecule has 10 heteroatoms. The second kappa shape index (κ2) is 8.47. The van der Waals surface area contributed by atoms with Gasteiger partial charge in [0.15, 0.2) is 5.13 Å². The molecule has 0 atom stereocenters. The Bertz CT molecular complexity index is 1300. The Balaban J connectivity index is 1.48. The highest BCUT2D eigenvalue weighted by Crippen LogP contribution is 2.27. The Labute approximate surface area is 177 Å². The smallest absolute Gasteiger partial charge is 0.323 e. The van der Waals surface area contributed by atoms with Gasteiger partial charge >= 0.3 is 6.03 Å². The molecule has 0 bridgehead atoms. The lowest BCUT2D eigenvalue weighted by atomic mass is 10.1. The molecule has 0 aliphatic rings. The summed E-state index contributed by atoms with van der Waals surface area (Å²) in [4.78, 5) is 29.2. The number of imide groups is 1. The lowest BCUT2D eigenvalue weighted by Crippen LogP contribution is -2.34. The number of anilines is 1. The molecule has 2 heterocycles. The van der Waals surface area contributed by atoms with Gasteiger partial charge < -0.3 is 4.57 Å². The first-order valence-corrected chi connectivity index (χ1v) is 11.0. The van der Waals surface area contributed by atoms with E-state index < -0.39 is 22.6 Å². The average molecular weight is 441 g/mol. The van der Waals surface area contributed by atoms with E-state index in [0.29, 0.717) is 27.5 Å². The molecule has 4 aromatic rings. The summed E-state index contributed by atoms with van der Waals surface area (Å²) in [6.45, 7) is 0. The Kier molecular flexibility index (Phi) is 5.59. The van der Waals surface area contributed by atoms with Crippen LogP contribution in [-0.2, 0) is 16.5 Å². The van der Waals surface area contributed by atoms with Crippen molar-refractivity contribution < 1.29 is 18.0 Å². The predicted octanol–water partition coefficient (Wildman–Crippen LogP) is 3.16. The molecule has 2 aromatic heterocycles. The standard InChI is InChI=1S/C20H16N4O4S2/c25-18(14-5-1-2-6-16(14)24-9-3-4-10-24)22-19(26)23-20-21-15-8-7-13(12-30(27)28)11-17(15)29-20/h1-11,30H,12H2,(H2,21,22,23,25,26). The van der Waals surface area contributed by atoms with Crippen molar-refractivity contribution >= 4 is 49.3 Å². The van der Waals surface area contributed by atoms with Crippen LogP contribution in [0.2, 0.25) is 0 Å². The molecule has 4 rings (SSSR count). The van der Waals surface area contributed by atoms with Crippen LogP contribution in [0.5, 0.6) is 0 Å². The first-order chi connectivity index (χ1) is 14.5. The quantitative estimate of drug-likeness (QED) is 0.413. The van der Waals surface area contributed by atoms with E-state index in [4.69, 9.17) is 0 Å². The molecule has 0 aliphatic carbocycles. The number of benzene rings is 2. The molecule has 0 saturated carbocycles. The minimum atomic E-state index is -2.52. The van der Waals surface area contributed by atoms with Crippen LogP contribution in [0.4, 0.5) is 9.93 Å². The lowest BCUT2D eigenvalue weighted by Gasteiger charge is -2.10. The van der Waals surface area contributed by atoms with Gasteiger partial charge in [0, 0.05) is 12.4 Å². The van der Waals surface area contributed by atoms with Gasteiger partial charge in [-0.1, -0.05) is 29.5 Å². The minimum Gasteiger partial charge on any atom is -0.323 e. The molecule has 152 valence electrons. The van der Waals surface area contributed by atoms with Crippen molar-refractivity contribution in [3.05, 3.63) is 78.1 Å². The number of amides is 3. The number of fused-ring (bicyclic) bond motifs is 1. The average Bonchev–Trinajstić information content (AvgIpc) is 3.36. The Morgan fingerprint density at radius 2 is 1.80 bits per heavy atom. The largest absolute Gasteiger partial charge is 0.327 e. The van der Waals surface area contributed by atoms with Crippen molar-refractivity contribution in [2.24, 2.45) is 0 Å². The molecule has 2 aromatic carbocycles. The van der Waals surface area contributed by atoms with E-state index >= 15 is 0 Å². The molecule has 0 fully saturated rings. The summed E-state index contributed by atoms with van der Waals surface area (Å²) in [6, 6.07) is 15.0. The summed E-state index contributed by atoms with van der Waals surface area (Å²) in [6.07, 6.45) is 3.62. The molecule has 0 aliphatic heterocycles. The van der Waals surface area contributed by atoms with Crippen molar-refractivity contribution in [2.45, 2.75) is 5.75 Å². The number of nitrogens with zero attached hydrogens (tertiary/aromatic N) is 2. The van der Waals surface area contributed by atoms with Crippen LogP contribution in [0.3, 0.4) is 0 Å². The number of aromatic nitrogens is 2. The first kappa shape index (κ1) is 19.8. The fourth-order valence-electron chi connectivity index (χ4n) is 2.95. The fourth-order valence-corrected chi connectivity index (χ4v) is 4.37. The van der Waals surface area contributed by atoms with Gasteiger partial charge in [-0.05, 0) is 42.0 Å². The topological polar surface area (TPSA) is 110 Å². The third-order valence-corrected chi connectivity index (χ3v) is 5.80. The molecule has 30 heavy (non-hydrogen) atoms. The van der Waals surface area contributed by atoms with Crippen molar-refractivity contribution in [1.82, 2.24) is 14.9 Å². The van der Waals surface area contributed by atoms with E-state index in [2.05, 4.69) is 15.6 Å². The number of carbonyl (C=O) groups excluding carboxylic acids is 2. The summed E-state index contributed by atoms with van der Waals surface area (Å²) >= 11 is 1.20. The summed E-state index contributed by atoms with van der Waals surface area (Å²) in [5.74, 6) is -0.596. The van der Waals surface area contributed by atoms with E-state index in [1.807, 2.05) is 30.6 Å². The number of para-hydroxylation sites is 1. The van der Waals surface area contributed by atoms with Crippen LogP contribution >= 0.6 is 11.3 Å². The van der Waals surface area contributed by atoms with Crippen LogP contribution in [0.15, 0.2) is 67.0 Å². The van der Waals surface area contributed by atoms with Gasteiger partial charge in [0.05, 0.1) is 27.2 Å². The second-order valence-corrected chi connectivity index (χ2v) is 8.34. The second-order valence-electron chi connectivity index (χ2n) is 6.33. The van der Waals surface area contributed by atoms with Gasteiger partial charge in [0.2, 0.25) is 0 Å². The highest BCUT2D eigenvalue weighted by Gasteiger charge is 2.16. The number of rotatable bonds is 5. The van der Waals surface area contributed by atoms with E-state index in [0.717, 1.165) is 4.70 Å². The summed E-state index contributed by atoms with van der Waals surface area (Å²) in [5, 5.41) is 5.17. The van der Waals surface area contributed by atoms with E-state index in [1.165, 1.54) is 11.3 Å². The van der Waals surface area contributed by atoms with Gasteiger partial charge in [-0.2, -0.15) is 0 Å². The molecule has 0 unspecified atom stereocenters. The number of urea groups is 1. The highest BCUT2D eigenvalue weighted by molar-refractivity contribution is 7.71. The van der Waals surface area contributed by atoms with Gasteiger partial charge in [-0.3, -0.25) is 15.4 Å². The summed E-state index contributed by atoms with van der Waals surface area (Å²) in [7, 11) is -2.52. The van der Waals surface area contributed by atoms with Crippen LogP contribution in [0, 0.1) is 0 Å². The summed E-state index contributed by atoms with van der Waals surface area (Å²) in [5.41, 5.74) is 2.28. The Hall–Kier alpha value is -3.50. The number of hydrogen-bond donors (Lipinski definition) is 3. The molecule has 2 N–H and O–H groups in total. The minimum absolute atomic E-state index is 0.0538. The monoisotopic (exact) mass is 440 g/mol. The third-order valence-electron chi connectivity index (χ3n) is 4.24. The van der Waals surface area contributed by atoms with Gasteiger partial charge in [-0.15, -0.1) is 0 Å².